The number of phenols is 1. The van der Waals surface area contributed by atoms with Crippen molar-refractivity contribution in [3.05, 3.63) is 35.9 Å². The Hall–Kier alpha value is -0.890. The van der Waals surface area contributed by atoms with E-state index in [4.69, 9.17) is 5.11 Å². The van der Waals surface area contributed by atoms with Gasteiger partial charge in [0.2, 0.25) is 0 Å². The summed E-state index contributed by atoms with van der Waals surface area (Å²) < 4.78 is 0. The number of hydrogen-bond donors (Lipinski definition) is 2. The third kappa shape index (κ3) is 2.68. The summed E-state index contributed by atoms with van der Waals surface area (Å²) in [5, 5.41) is 9.06. The quantitative estimate of drug-likeness (QED) is 0.646. The molecule has 1 N–H and O–H groups in total. The van der Waals surface area contributed by atoms with Gasteiger partial charge in [-0.3, -0.25) is 0 Å². The van der Waals surface area contributed by atoms with E-state index in [2.05, 4.69) is 12.6 Å². The second kappa shape index (κ2) is 4.09. The first-order valence-corrected chi connectivity index (χ1v) is 4.02. The Morgan fingerprint density at radius 2 is 2.27 bits per heavy atom. The fourth-order valence-corrected chi connectivity index (χ4v) is 0.923. The molecule has 0 aliphatic carbocycles. The minimum absolute atomic E-state index is 0.298. The Balaban J connectivity index is 2.79. The molecule has 1 aromatic rings. The molecule has 0 unspecified atom stereocenters. The first kappa shape index (κ1) is 8.21. The fraction of sp³-hybridized carbons (Fsp3) is 0.111. The van der Waals surface area contributed by atoms with E-state index in [-0.39, 0.29) is 0 Å². The molecule has 0 saturated carbocycles. The van der Waals surface area contributed by atoms with Gasteiger partial charge >= 0.3 is 0 Å². The largest absolute Gasteiger partial charge is 0.508 e. The number of thiol groups is 1. The summed E-state index contributed by atoms with van der Waals surface area (Å²) >= 11 is 4.03. The molecule has 0 bridgehead atoms. The molecular formula is C9H10OS. The smallest absolute Gasteiger partial charge is 0.116 e. The zero-order valence-electron chi connectivity index (χ0n) is 6.07. The van der Waals surface area contributed by atoms with Gasteiger partial charge in [-0.1, -0.05) is 24.3 Å². The van der Waals surface area contributed by atoms with Gasteiger partial charge in [-0.05, 0) is 17.7 Å². The van der Waals surface area contributed by atoms with Crippen LogP contribution in [-0.2, 0) is 0 Å². The molecular weight excluding hydrogens is 156 g/mol. The van der Waals surface area contributed by atoms with Crippen molar-refractivity contribution in [3.63, 3.8) is 0 Å². The van der Waals surface area contributed by atoms with Crippen molar-refractivity contribution in [1.29, 1.82) is 0 Å². The Morgan fingerprint density at radius 1 is 1.45 bits per heavy atom. The zero-order valence-corrected chi connectivity index (χ0v) is 6.96. The predicted octanol–water partition coefficient (Wildman–Crippen LogP) is 2.34. The average molecular weight is 166 g/mol. The first-order valence-electron chi connectivity index (χ1n) is 3.39. The van der Waals surface area contributed by atoms with Gasteiger partial charge in [0.1, 0.15) is 5.75 Å². The standard InChI is InChI=1S/C9H10OS/c10-9-5-1-3-8(7-9)4-2-6-11/h1-5,7,10-11H,6H2. The number of aromatic hydroxyl groups is 1. The minimum Gasteiger partial charge on any atom is -0.508 e. The van der Waals surface area contributed by atoms with Crippen molar-refractivity contribution in [2.75, 3.05) is 5.75 Å². The average Bonchev–Trinajstić information content (AvgIpc) is 2.01. The van der Waals surface area contributed by atoms with E-state index >= 15 is 0 Å². The minimum atomic E-state index is 0.298. The summed E-state index contributed by atoms with van der Waals surface area (Å²) in [5.41, 5.74) is 0.999. The highest BCUT2D eigenvalue weighted by Crippen LogP contribution is 2.11. The van der Waals surface area contributed by atoms with Crippen LogP contribution in [0.4, 0.5) is 0 Å². The fourth-order valence-electron chi connectivity index (χ4n) is 0.817. The summed E-state index contributed by atoms with van der Waals surface area (Å²) in [5.74, 6) is 1.02. The van der Waals surface area contributed by atoms with Gasteiger partial charge in [-0.25, -0.2) is 0 Å². The monoisotopic (exact) mass is 166 g/mol. The van der Waals surface area contributed by atoms with Crippen molar-refractivity contribution in [1.82, 2.24) is 0 Å². The van der Waals surface area contributed by atoms with Crippen LogP contribution < -0.4 is 0 Å². The van der Waals surface area contributed by atoms with Gasteiger partial charge in [0.25, 0.3) is 0 Å². The summed E-state index contributed by atoms with van der Waals surface area (Å²) in [4.78, 5) is 0. The van der Waals surface area contributed by atoms with Crippen LogP contribution >= 0.6 is 12.6 Å². The molecule has 0 saturated heterocycles. The highest BCUT2D eigenvalue weighted by Gasteiger charge is 1.87. The van der Waals surface area contributed by atoms with Crippen LogP contribution in [0.25, 0.3) is 6.08 Å². The topological polar surface area (TPSA) is 20.2 Å². The maximum Gasteiger partial charge on any atom is 0.116 e. The zero-order chi connectivity index (χ0) is 8.10. The van der Waals surface area contributed by atoms with Gasteiger partial charge in [-0.2, -0.15) is 12.6 Å². The molecule has 0 aliphatic heterocycles. The van der Waals surface area contributed by atoms with Gasteiger partial charge in [0.15, 0.2) is 0 Å². The normalized spacial score (nSPS) is 10.6. The van der Waals surface area contributed by atoms with Crippen LogP contribution in [0.2, 0.25) is 0 Å². The molecule has 0 fully saturated rings. The number of hydrogen-bond acceptors (Lipinski definition) is 2. The Bertz CT molecular complexity index is 255. The summed E-state index contributed by atoms with van der Waals surface area (Å²) in [6.45, 7) is 0. The van der Waals surface area contributed by atoms with E-state index in [1.807, 2.05) is 24.3 Å². The van der Waals surface area contributed by atoms with E-state index in [9.17, 15) is 0 Å². The van der Waals surface area contributed by atoms with Gasteiger partial charge < -0.3 is 5.11 Å². The predicted molar refractivity (Wildman–Crippen MR) is 51.0 cm³/mol. The molecule has 0 radical (unpaired) electrons. The Labute approximate surface area is 71.8 Å². The lowest BCUT2D eigenvalue weighted by molar-refractivity contribution is 0.475. The van der Waals surface area contributed by atoms with E-state index in [1.165, 1.54) is 0 Å². The highest BCUT2D eigenvalue weighted by molar-refractivity contribution is 7.80. The maximum absolute atomic E-state index is 9.06. The van der Waals surface area contributed by atoms with Crippen LogP contribution in [0.1, 0.15) is 5.56 Å². The van der Waals surface area contributed by atoms with Crippen LogP contribution in [0.15, 0.2) is 30.3 Å². The van der Waals surface area contributed by atoms with E-state index < -0.39 is 0 Å². The van der Waals surface area contributed by atoms with Gasteiger partial charge in [-0.15, -0.1) is 0 Å². The Morgan fingerprint density at radius 3 is 2.91 bits per heavy atom. The van der Waals surface area contributed by atoms with Crippen LogP contribution in [0, 0.1) is 0 Å². The number of phenolic OH excluding ortho intramolecular Hbond substituents is 1. The van der Waals surface area contributed by atoms with E-state index in [1.54, 1.807) is 12.1 Å². The lowest BCUT2D eigenvalue weighted by atomic mass is 10.2. The van der Waals surface area contributed by atoms with Crippen LogP contribution in [-0.4, -0.2) is 10.9 Å². The molecule has 0 aromatic heterocycles. The van der Waals surface area contributed by atoms with Crippen LogP contribution in [0.3, 0.4) is 0 Å². The van der Waals surface area contributed by atoms with Crippen LogP contribution in [0.5, 0.6) is 5.75 Å². The third-order valence-corrected chi connectivity index (χ3v) is 1.50. The molecule has 0 spiro atoms. The molecule has 58 valence electrons. The highest BCUT2D eigenvalue weighted by atomic mass is 32.1. The number of rotatable bonds is 2. The lowest BCUT2D eigenvalue weighted by Crippen LogP contribution is -1.70. The van der Waals surface area contributed by atoms with Gasteiger partial charge in [0, 0.05) is 5.75 Å². The number of benzene rings is 1. The molecule has 11 heavy (non-hydrogen) atoms. The lowest BCUT2D eigenvalue weighted by Gasteiger charge is -1.93. The SMILES string of the molecule is Oc1cccc(C=CCS)c1. The molecule has 0 heterocycles. The van der Waals surface area contributed by atoms with E-state index in [0.717, 1.165) is 11.3 Å². The van der Waals surface area contributed by atoms with E-state index in [0.29, 0.717) is 5.75 Å². The summed E-state index contributed by atoms with van der Waals surface area (Å²) in [6.07, 6.45) is 3.85. The maximum atomic E-state index is 9.06. The van der Waals surface area contributed by atoms with Crippen molar-refractivity contribution < 1.29 is 5.11 Å². The van der Waals surface area contributed by atoms with Crippen molar-refractivity contribution in [2.24, 2.45) is 0 Å². The van der Waals surface area contributed by atoms with Gasteiger partial charge in [0.05, 0.1) is 0 Å². The molecule has 1 nitrogen and oxygen atoms in total. The first-order chi connectivity index (χ1) is 5.33. The third-order valence-electron chi connectivity index (χ3n) is 1.29. The molecule has 1 rings (SSSR count). The second-order valence-corrected chi connectivity index (χ2v) is 2.55. The second-order valence-electron chi connectivity index (χ2n) is 2.18. The molecule has 0 amide bonds. The van der Waals surface area contributed by atoms with Crippen molar-refractivity contribution >= 4 is 18.7 Å². The van der Waals surface area contributed by atoms with Crippen molar-refractivity contribution in [2.45, 2.75) is 0 Å². The molecule has 0 aliphatic rings. The molecule has 0 atom stereocenters. The summed E-state index contributed by atoms with van der Waals surface area (Å²) in [6, 6.07) is 7.10. The molecule has 2 heteroatoms. The molecule has 1 aromatic carbocycles. The Kier molecular flexibility index (Phi) is 3.05. The summed E-state index contributed by atoms with van der Waals surface area (Å²) in [7, 11) is 0. The van der Waals surface area contributed by atoms with Crippen molar-refractivity contribution in [3.8, 4) is 5.75 Å².